The molecule has 140 valence electrons. The number of benzene rings is 2. The molecule has 0 amide bonds. The Bertz CT molecular complexity index is 1240. The van der Waals surface area contributed by atoms with Gasteiger partial charge in [-0.3, -0.25) is 4.79 Å². The summed E-state index contributed by atoms with van der Waals surface area (Å²) in [5.74, 6) is -1.24. The van der Waals surface area contributed by atoms with Crippen molar-refractivity contribution in [2.45, 2.75) is 12.8 Å². The smallest absolute Gasteiger partial charge is 0.343 e. The lowest BCUT2D eigenvalue weighted by Crippen LogP contribution is -2.18. The van der Waals surface area contributed by atoms with E-state index < -0.39 is 29.9 Å². The third-order valence-electron chi connectivity index (χ3n) is 4.50. The monoisotopic (exact) mass is 378 g/mol. The molecule has 0 radical (unpaired) electrons. The Labute approximate surface area is 157 Å². The summed E-state index contributed by atoms with van der Waals surface area (Å²) in [5, 5.41) is 21.3. The van der Waals surface area contributed by atoms with E-state index in [0.717, 1.165) is 0 Å². The first-order valence-corrected chi connectivity index (χ1v) is 8.44. The summed E-state index contributed by atoms with van der Waals surface area (Å²) in [7, 11) is 0. The van der Waals surface area contributed by atoms with Gasteiger partial charge in [0, 0.05) is 12.8 Å². The van der Waals surface area contributed by atoms with Crippen LogP contribution in [0, 0.1) is 0 Å². The highest BCUT2D eigenvalue weighted by molar-refractivity contribution is 5.90. The van der Waals surface area contributed by atoms with Gasteiger partial charge in [0.15, 0.2) is 0 Å². The number of ketones is 1. The minimum absolute atomic E-state index is 0.201. The van der Waals surface area contributed by atoms with E-state index in [1.807, 2.05) is 0 Å². The van der Waals surface area contributed by atoms with Crippen molar-refractivity contribution < 1.29 is 23.8 Å². The van der Waals surface area contributed by atoms with Crippen LogP contribution < -0.4 is 11.3 Å². The van der Waals surface area contributed by atoms with Gasteiger partial charge < -0.3 is 19.0 Å². The fraction of sp³-hybridized carbons (Fsp3) is 0.0952. The molecule has 0 saturated heterocycles. The summed E-state index contributed by atoms with van der Waals surface area (Å²) in [6.07, 6.45) is -0.907. The van der Waals surface area contributed by atoms with Crippen LogP contribution in [0.5, 0.6) is 11.5 Å². The molecule has 0 bridgehead atoms. The highest BCUT2D eigenvalue weighted by Gasteiger charge is 2.21. The van der Waals surface area contributed by atoms with Crippen LogP contribution in [0.15, 0.2) is 67.0 Å². The molecular formula is C21H14O7. The van der Waals surface area contributed by atoms with Gasteiger partial charge in [0.25, 0.3) is 0 Å². The highest BCUT2D eigenvalue weighted by atomic mass is 16.4. The quantitative estimate of drug-likeness (QED) is 0.524. The molecule has 0 atom stereocenters. The number of rotatable bonds is 4. The molecule has 0 aliphatic heterocycles. The number of para-hydroxylation sites is 2. The van der Waals surface area contributed by atoms with Gasteiger partial charge in [-0.2, -0.15) is 0 Å². The number of hydrogen-bond donors (Lipinski definition) is 2. The topological polar surface area (TPSA) is 118 Å². The Morgan fingerprint density at radius 1 is 0.714 bits per heavy atom. The lowest BCUT2D eigenvalue weighted by Gasteiger charge is -2.07. The van der Waals surface area contributed by atoms with Crippen LogP contribution in [0.2, 0.25) is 0 Å². The first-order chi connectivity index (χ1) is 13.5. The van der Waals surface area contributed by atoms with Gasteiger partial charge in [-0.1, -0.05) is 24.3 Å². The van der Waals surface area contributed by atoms with Gasteiger partial charge in [0.1, 0.15) is 28.4 Å². The summed E-state index contributed by atoms with van der Waals surface area (Å²) in [5.41, 5.74) is -1.66. The van der Waals surface area contributed by atoms with Crippen molar-refractivity contribution in [3.8, 4) is 11.5 Å². The molecule has 0 aliphatic rings. The second-order valence-electron chi connectivity index (χ2n) is 6.32. The van der Waals surface area contributed by atoms with Gasteiger partial charge in [0.2, 0.25) is 0 Å². The standard InChI is InChI=1S/C21H14O7/c22-11(9-14-18(23)12-5-1-3-7-16(12)27-20(14)25)10-15-19(24)13-6-2-4-8-17(13)28-21(15)26/h1-8,23-24H,9-10H2. The van der Waals surface area contributed by atoms with E-state index in [2.05, 4.69) is 0 Å². The molecule has 2 N–H and O–H groups in total. The van der Waals surface area contributed by atoms with Crippen molar-refractivity contribution in [1.82, 2.24) is 0 Å². The zero-order chi connectivity index (χ0) is 19.8. The fourth-order valence-electron chi connectivity index (χ4n) is 3.11. The molecule has 0 fully saturated rings. The highest BCUT2D eigenvalue weighted by Crippen LogP contribution is 2.28. The average Bonchev–Trinajstić information content (AvgIpc) is 2.68. The molecule has 0 spiro atoms. The summed E-state index contributed by atoms with van der Waals surface area (Å²) < 4.78 is 10.3. The number of carbonyl (C=O) groups is 1. The summed E-state index contributed by atoms with van der Waals surface area (Å²) in [6, 6.07) is 12.8. The van der Waals surface area contributed by atoms with E-state index in [4.69, 9.17) is 8.83 Å². The van der Waals surface area contributed by atoms with Crippen molar-refractivity contribution >= 4 is 27.7 Å². The van der Waals surface area contributed by atoms with Crippen molar-refractivity contribution in [2.75, 3.05) is 0 Å². The molecular weight excluding hydrogens is 364 g/mol. The van der Waals surface area contributed by atoms with Crippen molar-refractivity contribution in [3.05, 3.63) is 80.5 Å². The predicted molar refractivity (Wildman–Crippen MR) is 101 cm³/mol. The normalized spacial score (nSPS) is 11.1. The number of carbonyl (C=O) groups excluding carboxylic acids is 1. The van der Waals surface area contributed by atoms with Crippen LogP contribution in [0.25, 0.3) is 21.9 Å². The molecule has 2 aromatic heterocycles. The summed E-state index contributed by atoms with van der Waals surface area (Å²) >= 11 is 0. The maximum absolute atomic E-state index is 12.5. The number of hydrogen-bond acceptors (Lipinski definition) is 7. The zero-order valence-corrected chi connectivity index (χ0v) is 14.5. The summed E-state index contributed by atoms with van der Waals surface area (Å²) in [6.45, 7) is 0. The van der Waals surface area contributed by atoms with E-state index in [1.165, 1.54) is 12.1 Å². The van der Waals surface area contributed by atoms with Gasteiger partial charge in [0.05, 0.1) is 21.9 Å². The van der Waals surface area contributed by atoms with Crippen LogP contribution in [-0.2, 0) is 17.6 Å². The molecule has 4 aromatic rings. The fourth-order valence-corrected chi connectivity index (χ4v) is 3.11. The molecule has 0 saturated carbocycles. The molecule has 0 aliphatic carbocycles. The maximum atomic E-state index is 12.5. The molecule has 7 nitrogen and oxygen atoms in total. The Kier molecular flexibility index (Phi) is 4.19. The Morgan fingerprint density at radius 3 is 1.54 bits per heavy atom. The van der Waals surface area contributed by atoms with Gasteiger partial charge in [-0.05, 0) is 24.3 Å². The van der Waals surface area contributed by atoms with Crippen molar-refractivity contribution in [2.24, 2.45) is 0 Å². The van der Waals surface area contributed by atoms with E-state index in [0.29, 0.717) is 10.8 Å². The molecule has 7 heteroatoms. The predicted octanol–water partition coefficient (Wildman–Crippen LogP) is 2.66. The number of Topliss-reactive ketones (excluding diaryl/α,β-unsaturated/α-hetero) is 1. The number of aromatic hydroxyl groups is 2. The summed E-state index contributed by atoms with van der Waals surface area (Å²) in [4.78, 5) is 36.8. The second-order valence-corrected chi connectivity index (χ2v) is 6.32. The first-order valence-electron chi connectivity index (χ1n) is 8.44. The van der Waals surface area contributed by atoms with E-state index in [9.17, 15) is 24.6 Å². The van der Waals surface area contributed by atoms with Crippen LogP contribution in [0.4, 0.5) is 0 Å². The molecule has 0 unspecified atom stereocenters. The lowest BCUT2D eigenvalue weighted by molar-refractivity contribution is -0.117. The van der Waals surface area contributed by atoms with E-state index in [-0.39, 0.29) is 33.8 Å². The maximum Gasteiger partial charge on any atom is 0.343 e. The zero-order valence-electron chi connectivity index (χ0n) is 14.5. The molecule has 2 heterocycles. The SMILES string of the molecule is O=C(Cc1c(O)c2ccccc2oc1=O)Cc1c(O)c2ccccc2oc1=O. The largest absolute Gasteiger partial charge is 0.507 e. The van der Waals surface area contributed by atoms with Crippen LogP contribution in [-0.4, -0.2) is 16.0 Å². The molecule has 28 heavy (non-hydrogen) atoms. The average molecular weight is 378 g/mol. The third-order valence-corrected chi connectivity index (χ3v) is 4.50. The Balaban J connectivity index is 1.70. The Morgan fingerprint density at radius 2 is 1.11 bits per heavy atom. The van der Waals surface area contributed by atoms with Crippen LogP contribution in [0.3, 0.4) is 0 Å². The first kappa shape index (κ1) is 17.5. The minimum Gasteiger partial charge on any atom is -0.507 e. The lowest BCUT2D eigenvalue weighted by atomic mass is 10.0. The minimum atomic E-state index is -0.834. The van der Waals surface area contributed by atoms with Gasteiger partial charge in [-0.15, -0.1) is 0 Å². The second kappa shape index (κ2) is 6.70. The van der Waals surface area contributed by atoms with Crippen LogP contribution >= 0.6 is 0 Å². The van der Waals surface area contributed by atoms with E-state index >= 15 is 0 Å². The molecule has 4 rings (SSSR count). The van der Waals surface area contributed by atoms with Gasteiger partial charge in [-0.25, -0.2) is 9.59 Å². The van der Waals surface area contributed by atoms with Crippen molar-refractivity contribution in [1.29, 1.82) is 0 Å². The number of fused-ring (bicyclic) bond motifs is 2. The third kappa shape index (κ3) is 2.92. The Hall–Kier alpha value is -3.87. The van der Waals surface area contributed by atoms with Crippen LogP contribution in [0.1, 0.15) is 11.1 Å². The van der Waals surface area contributed by atoms with E-state index in [1.54, 1.807) is 36.4 Å². The van der Waals surface area contributed by atoms with Crippen molar-refractivity contribution in [3.63, 3.8) is 0 Å². The molecule has 2 aromatic carbocycles. The van der Waals surface area contributed by atoms with Gasteiger partial charge >= 0.3 is 11.3 Å².